The lowest BCUT2D eigenvalue weighted by molar-refractivity contribution is 0.570. The zero-order valence-electron chi connectivity index (χ0n) is 13.1. The third kappa shape index (κ3) is 4.03. The molecule has 0 spiro atoms. The fourth-order valence-electron chi connectivity index (χ4n) is 2.03. The number of sulfonamides is 1. The summed E-state index contributed by atoms with van der Waals surface area (Å²) in [5, 5.41) is 8.06. The minimum Gasteiger partial charge on any atom is -0.311 e. The summed E-state index contributed by atoms with van der Waals surface area (Å²) in [6, 6.07) is 8.86. The van der Waals surface area contributed by atoms with Gasteiger partial charge < -0.3 is 4.57 Å². The number of nitrogens with zero attached hydrogens (tertiary/aromatic N) is 3. The van der Waals surface area contributed by atoms with Gasteiger partial charge in [-0.2, -0.15) is 0 Å². The van der Waals surface area contributed by atoms with Crippen LogP contribution >= 0.6 is 39.3 Å². The lowest BCUT2D eigenvalue weighted by Crippen LogP contribution is -2.15. The first-order chi connectivity index (χ1) is 12.3. The maximum absolute atomic E-state index is 14.2. The fourth-order valence-corrected chi connectivity index (χ4v) is 4.69. The van der Waals surface area contributed by atoms with Crippen molar-refractivity contribution >= 4 is 55.0 Å². The Hall–Kier alpha value is -1.62. The Balaban J connectivity index is 2.00. The molecule has 2 aromatic carbocycles. The van der Waals surface area contributed by atoms with E-state index in [1.54, 1.807) is 29.8 Å². The highest BCUT2D eigenvalue weighted by atomic mass is 79.9. The van der Waals surface area contributed by atoms with Crippen LogP contribution in [-0.2, 0) is 17.1 Å². The van der Waals surface area contributed by atoms with E-state index in [9.17, 15) is 12.8 Å². The van der Waals surface area contributed by atoms with Crippen molar-refractivity contribution < 1.29 is 12.8 Å². The molecule has 1 aromatic heterocycles. The van der Waals surface area contributed by atoms with Crippen LogP contribution in [0.1, 0.15) is 0 Å². The number of aryl methyl sites for hydroxylation is 1. The Morgan fingerprint density at radius 1 is 1.31 bits per heavy atom. The molecular formula is C15H11BrClFN4O2S2. The van der Waals surface area contributed by atoms with Crippen LogP contribution in [0.25, 0.3) is 0 Å². The van der Waals surface area contributed by atoms with Crippen LogP contribution in [0.15, 0.2) is 62.1 Å². The third-order valence-electron chi connectivity index (χ3n) is 3.26. The Morgan fingerprint density at radius 3 is 2.77 bits per heavy atom. The Bertz CT molecular complexity index is 1080. The number of anilines is 1. The molecule has 1 N–H and O–H groups in total. The topological polar surface area (TPSA) is 76.9 Å². The zero-order chi connectivity index (χ0) is 18.9. The first kappa shape index (κ1) is 19.2. The van der Waals surface area contributed by atoms with E-state index in [-0.39, 0.29) is 10.7 Å². The molecule has 26 heavy (non-hydrogen) atoms. The molecule has 0 bridgehead atoms. The van der Waals surface area contributed by atoms with Crippen molar-refractivity contribution in [3.05, 3.63) is 58.0 Å². The fraction of sp³-hybridized carbons (Fsp3) is 0.0667. The summed E-state index contributed by atoms with van der Waals surface area (Å²) in [4.78, 5) is 0.0508. The largest absolute Gasteiger partial charge is 0.311 e. The molecule has 1 heterocycles. The van der Waals surface area contributed by atoms with E-state index in [1.165, 1.54) is 30.2 Å². The molecule has 0 radical (unpaired) electrons. The van der Waals surface area contributed by atoms with Crippen molar-refractivity contribution in [2.75, 3.05) is 4.72 Å². The summed E-state index contributed by atoms with van der Waals surface area (Å²) >= 11 is 10.2. The summed E-state index contributed by atoms with van der Waals surface area (Å²) in [5.41, 5.74) is 0.270. The summed E-state index contributed by atoms with van der Waals surface area (Å²) < 4.78 is 44.2. The third-order valence-corrected chi connectivity index (χ3v) is 6.56. The molecule has 0 aliphatic carbocycles. The average Bonchev–Trinajstić information content (AvgIpc) is 2.97. The summed E-state index contributed by atoms with van der Waals surface area (Å²) in [7, 11) is -2.41. The molecule has 0 aliphatic heterocycles. The molecule has 0 amide bonds. The molecule has 0 saturated carbocycles. The number of rotatable bonds is 5. The van der Waals surface area contributed by atoms with Crippen LogP contribution in [0.4, 0.5) is 10.1 Å². The lowest BCUT2D eigenvalue weighted by atomic mass is 10.3. The molecular weight excluding hydrogens is 467 g/mol. The first-order valence-corrected chi connectivity index (χ1v) is 10.5. The second-order valence-electron chi connectivity index (χ2n) is 5.12. The van der Waals surface area contributed by atoms with E-state index >= 15 is 0 Å². The van der Waals surface area contributed by atoms with Gasteiger partial charge in [0.05, 0.1) is 10.7 Å². The van der Waals surface area contributed by atoms with Gasteiger partial charge in [-0.1, -0.05) is 33.6 Å². The SMILES string of the molecule is Cn1cnnc1Sc1ccc(Br)cc1NS(=O)(=O)c1cccc(Cl)c1F. The molecule has 0 unspecified atom stereocenters. The Kier molecular flexibility index (Phi) is 5.56. The van der Waals surface area contributed by atoms with Crippen molar-refractivity contribution in [2.24, 2.45) is 7.05 Å². The van der Waals surface area contributed by atoms with Crippen LogP contribution in [0.3, 0.4) is 0 Å². The van der Waals surface area contributed by atoms with Crippen molar-refractivity contribution in [1.29, 1.82) is 0 Å². The van der Waals surface area contributed by atoms with Gasteiger partial charge in [-0.3, -0.25) is 4.72 Å². The highest BCUT2D eigenvalue weighted by molar-refractivity contribution is 9.10. The number of hydrogen-bond donors (Lipinski definition) is 1. The minimum absolute atomic E-state index is 0.268. The van der Waals surface area contributed by atoms with Crippen molar-refractivity contribution in [2.45, 2.75) is 14.9 Å². The van der Waals surface area contributed by atoms with Gasteiger partial charge in [-0.25, -0.2) is 12.8 Å². The van der Waals surface area contributed by atoms with Crippen LogP contribution in [-0.4, -0.2) is 23.2 Å². The minimum atomic E-state index is -4.18. The molecule has 6 nitrogen and oxygen atoms in total. The van der Waals surface area contributed by atoms with E-state index in [0.29, 0.717) is 14.5 Å². The van der Waals surface area contributed by atoms with Gasteiger partial charge in [0.15, 0.2) is 11.0 Å². The molecule has 0 saturated heterocycles. The standard InChI is InChI=1S/C15H11BrClFN4O2S2/c1-22-8-19-20-15(22)25-12-6-5-9(16)7-11(12)21-26(23,24)13-4-2-3-10(17)14(13)18/h2-8,21H,1H3. The zero-order valence-corrected chi connectivity index (χ0v) is 17.1. The van der Waals surface area contributed by atoms with E-state index in [4.69, 9.17) is 11.6 Å². The van der Waals surface area contributed by atoms with Gasteiger partial charge >= 0.3 is 0 Å². The summed E-state index contributed by atoms with van der Waals surface area (Å²) in [6.07, 6.45) is 1.53. The lowest BCUT2D eigenvalue weighted by Gasteiger charge is -2.13. The Morgan fingerprint density at radius 2 is 2.08 bits per heavy atom. The quantitative estimate of drug-likeness (QED) is 0.592. The van der Waals surface area contributed by atoms with E-state index in [0.717, 1.165) is 6.07 Å². The second-order valence-corrected chi connectivity index (χ2v) is 9.11. The van der Waals surface area contributed by atoms with Crippen LogP contribution < -0.4 is 4.72 Å². The average molecular weight is 478 g/mol. The number of halogens is 3. The monoisotopic (exact) mass is 476 g/mol. The van der Waals surface area contributed by atoms with Crippen molar-refractivity contribution in [3.63, 3.8) is 0 Å². The number of hydrogen-bond acceptors (Lipinski definition) is 5. The summed E-state index contributed by atoms with van der Waals surface area (Å²) in [6.45, 7) is 0. The Labute approximate surface area is 167 Å². The van der Waals surface area contributed by atoms with Crippen LogP contribution in [0.5, 0.6) is 0 Å². The van der Waals surface area contributed by atoms with Crippen molar-refractivity contribution in [3.8, 4) is 0 Å². The van der Waals surface area contributed by atoms with Gasteiger partial charge in [0, 0.05) is 16.4 Å². The smallest absolute Gasteiger partial charge is 0.264 e. The van der Waals surface area contributed by atoms with Gasteiger partial charge in [0.25, 0.3) is 10.0 Å². The molecule has 0 fully saturated rings. The van der Waals surface area contributed by atoms with Gasteiger partial charge in [-0.05, 0) is 42.1 Å². The maximum Gasteiger partial charge on any atom is 0.264 e. The molecule has 0 atom stereocenters. The van der Waals surface area contributed by atoms with E-state index in [2.05, 4.69) is 30.8 Å². The predicted octanol–water partition coefficient (Wildman–Crippen LogP) is 4.32. The van der Waals surface area contributed by atoms with Crippen LogP contribution in [0, 0.1) is 5.82 Å². The van der Waals surface area contributed by atoms with Gasteiger partial charge in [-0.15, -0.1) is 10.2 Å². The molecule has 3 aromatic rings. The maximum atomic E-state index is 14.2. The summed E-state index contributed by atoms with van der Waals surface area (Å²) in [5.74, 6) is -1.00. The van der Waals surface area contributed by atoms with Crippen LogP contribution in [0.2, 0.25) is 5.02 Å². The second kappa shape index (κ2) is 7.55. The van der Waals surface area contributed by atoms with Gasteiger partial charge in [0.2, 0.25) is 0 Å². The molecule has 3 rings (SSSR count). The molecule has 136 valence electrons. The highest BCUT2D eigenvalue weighted by Gasteiger charge is 2.22. The highest BCUT2D eigenvalue weighted by Crippen LogP contribution is 2.35. The molecule has 0 aliphatic rings. The predicted molar refractivity (Wildman–Crippen MR) is 101 cm³/mol. The van der Waals surface area contributed by atoms with Crippen molar-refractivity contribution in [1.82, 2.24) is 14.8 Å². The molecule has 11 heteroatoms. The van der Waals surface area contributed by atoms with E-state index in [1.807, 2.05) is 0 Å². The van der Waals surface area contributed by atoms with E-state index < -0.39 is 20.7 Å². The number of aromatic nitrogens is 3. The first-order valence-electron chi connectivity index (χ1n) is 7.06. The number of nitrogens with one attached hydrogen (secondary N) is 1. The van der Waals surface area contributed by atoms with Gasteiger partial charge in [0.1, 0.15) is 11.2 Å². The normalized spacial score (nSPS) is 11.5. The number of benzene rings is 2.